The highest BCUT2D eigenvalue weighted by atomic mass is 16.6. The summed E-state index contributed by atoms with van der Waals surface area (Å²) < 4.78 is 1.90. The summed E-state index contributed by atoms with van der Waals surface area (Å²) in [5, 5.41) is 8.77. The van der Waals surface area contributed by atoms with Crippen molar-refractivity contribution in [1.29, 1.82) is 0 Å². The van der Waals surface area contributed by atoms with Gasteiger partial charge < -0.3 is 9.74 Å². The van der Waals surface area contributed by atoms with Gasteiger partial charge in [-0.15, -0.1) is 0 Å². The quantitative estimate of drug-likeness (QED) is 0.830. The van der Waals surface area contributed by atoms with Gasteiger partial charge >= 0.3 is 0 Å². The predicted octanol–water partition coefficient (Wildman–Crippen LogP) is 2.22. The highest BCUT2D eigenvalue weighted by Crippen LogP contribution is 2.31. The second-order valence-electron chi connectivity index (χ2n) is 7.93. The Labute approximate surface area is 152 Å². The van der Waals surface area contributed by atoms with Gasteiger partial charge in [0.2, 0.25) is 0 Å². The van der Waals surface area contributed by atoms with Crippen LogP contribution in [-0.4, -0.2) is 50.5 Å². The first kappa shape index (κ1) is 16.8. The van der Waals surface area contributed by atoms with E-state index in [2.05, 4.69) is 36.0 Å². The average molecular weight is 353 g/mol. The molecule has 1 amide bonds. The van der Waals surface area contributed by atoms with Crippen molar-refractivity contribution >= 4 is 11.6 Å². The largest absolute Gasteiger partial charge is 0.390 e. The molecule has 0 aliphatic carbocycles. The van der Waals surface area contributed by atoms with Crippen molar-refractivity contribution in [2.45, 2.75) is 39.3 Å². The average Bonchev–Trinajstić information content (AvgIpc) is 3.27. The van der Waals surface area contributed by atoms with Crippen molar-refractivity contribution in [2.24, 2.45) is 11.1 Å². The van der Waals surface area contributed by atoms with Gasteiger partial charge in [-0.25, -0.2) is 0 Å². The van der Waals surface area contributed by atoms with Gasteiger partial charge in [0.15, 0.2) is 11.8 Å². The summed E-state index contributed by atoms with van der Waals surface area (Å²) in [5.41, 5.74) is 3.12. The molecule has 2 aliphatic heterocycles. The lowest BCUT2D eigenvalue weighted by atomic mass is 9.96. The first-order valence-corrected chi connectivity index (χ1v) is 8.85. The highest BCUT2D eigenvalue weighted by molar-refractivity contribution is 6.04. The van der Waals surface area contributed by atoms with Crippen LogP contribution in [0.25, 0.3) is 0 Å². The van der Waals surface area contributed by atoms with Crippen LogP contribution in [0.3, 0.4) is 0 Å². The summed E-state index contributed by atoms with van der Waals surface area (Å²) in [4.78, 5) is 24.5. The van der Waals surface area contributed by atoms with Gasteiger partial charge in [-0.2, -0.15) is 5.10 Å². The maximum Gasteiger partial charge on any atom is 0.274 e. The molecule has 0 radical (unpaired) electrons. The Morgan fingerprint density at radius 1 is 1.31 bits per heavy atom. The number of hydrogen-bond donors (Lipinski definition) is 0. The molecule has 7 heteroatoms. The second-order valence-corrected chi connectivity index (χ2v) is 7.93. The van der Waals surface area contributed by atoms with Crippen molar-refractivity contribution in [1.82, 2.24) is 19.7 Å². The number of amides is 1. The van der Waals surface area contributed by atoms with Crippen LogP contribution in [-0.2, 0) is 10.4 Å². The smallest absolute Gasteiger partial charge is 0.274 e. The summed E-state index contributed by atoms with van der Waals surface area (Å²) in [6, 6.07) is 5.71. The summed E-state index contributed by atoms with van der Waals surface area (Å²) in [5.74, 6) is 0.0218. The molecule has 2 unspecified atom stereocenters. The third-order valence-electron chi connectivity index (χ3n) is 4.89. The molecule has 0 N–H and O–H groups in total. The van der Waals surface area contributed by atoms with Gasteiger partial charge in [0.25, 0.3) is 5.91 Å². The molecule has 4 rings (SSSR count). The Morgan fingerprint density at radius 3 is 2.77 bits per heavy atom. The molecule has 1 fully saturated rings. The standard InChI is InChI=1S/C19H23N5O2/c1-12-8-15(21-24(12)19(2,3)4)18(25)23-10-14-16(11-23)26-22-17(14)13-6-5-7-20-9-13/h5-9,14,16H,10-11H2,1-4H3. The minimum Gasteiger partial charge on any atom is -0.390 e. The number of fused-ring (bicyclic) bond motifs is 1. The van der Waals surface area contributed by atoms with Crippen LogP contribution in [0.1, 0.15) is 42.5 Å². The Kier molecular flexibility index (Phi) is 3.82. The molecular formula is C19H23N5O2. The van der Waals surface area contributed by atoms with Crippen molar-refractivity contribution in [3.8, 4) is 0 Å². The van der Waals surface area contributed by atoms with E-state index in [1.807, 2.05) is 34.7 Å². The number of aromatic nitrogens is 3. The van der Waals surface area contributed by atoms with Gasteiger partial charge in [0.05, 0.1) is 23.7 Å². The minimum atomic E-state index is -0.159. The lowest BCUT2D eigenvalue weighted by molar-refractivity contribution is 0.0627. The molecule has 1 saturated heterocycles. The number of hydrogen-bond acceptors (Lipinski definition) is 5. The van der Waals surface area contributed by atoms with Gasteiger partial charge in [-0.05, 0) is 45.9 Å². The first-order valence-electron chi connectivity index (χ1n) is 8.85. The Hall–Kier alpha value is -2.70. The molecule has 2 atom stereocenters. The van der Waals surface area contributed by atoms with E-state index in [1.54, 1.807) is 12.4 Å². The van der Waals surface area contributed by atoms with E-state index in [0.29, 0.717) is 18.8 Å². The summed E-state index contributed by atoms with van der Waals surface area (Å²) in [6.45, 7) is 9.31. The number of rotatable bonds is 2. The molecular weight excluding hydrogens is 330 g/mol. The lowest BCUT2D eigenvalue weighted by Gasteiger charge is -2.21. The maximum atomic E-state index is 13.0. The molecule has 2 aromatic heterocycles. The zero-order valence-corrected chi connectivity index (χ0v) is 15.5. The van der Waals surface area contributed by atoms with Crippen LogP contribution in [0, 0.1) is 12.8 Å². The van der Waals surface area contributed by atoms with E-state index in [4.69, 9.17) is 4.84 Å². The van der Waals surface area contributed by atoms with Gasteiger partial charge in [0, 0.05) is 30.2 Å². The molecule has 26 heavy (non-hydrogen) atoms. The molecule has 7 nitrogen and oxygen atoms in total. The van der Waals surface area contributed by atoms with Crippen molar-refractivity contribution in [3.63, 3.8) is 0 Å². The van der Waals surface area contributed by atoms with E-state index in [9.17, 15) is 4.79 Å². The number of likely N-dealkylation sites (tertiary alicyclic amines) is 1. The Morgan fingerprint density at radius 2 is 2.12 bits per heavy atom. The Bertz CT molecular complexity index is 866. The molecule has 136 valence electrons. The topological polar surface area (TPSA) is 72.6 Å². The molecule has 4 heterocycles. The fourth-order valence-corrected chi connectivity index (χ4v) is 3.70. The van der Waals surface area contributed by atoms with Crippen molar-refractivity contribution < 1.29 is 9.63 Å². The fraction of sp³-hybridized carbons (Fsp3) is 0.474. The maximum absolute atomic E-state index is 13.0. The fourth-order valence-electron chi connectivity index (χ4n) is 3.70. The number of pyridine rings is 1. The van der Waals surface area contributed by atoms with E-state index in [0.717, 1.165) is 17.0 Å². The zero-order valence-electron chi connectivity index (χ0n) is 15.5. The van der Waals surface area contributed by atoms with Crippen molar-refractivity contribution in [2.75, 3.05) is 13.1 Å². The zero-order chi connectivity index (χ0) is 18.5. The van der Waals surface area contributed by atoms with E-state index < -0.39 is 0 Å². The van der Waals surface area contributed by atoms with E-state index in [1.165, 1.54) is 0 Å². The normalized spacial score (nSPS) is 22.2. The van der Waals surface area contributed by atoms with Crippen molar-refractivity contribution in [3.05, 3.63) is 47.5 Å². The molecule has 0 saturated carbocycles. The van der Waals surface area contributed by atoms with Crippen LogP contribution < -0.4 is 0 Å². The SMILES string of the molecule is Cc1cc(C(=O)N2CC3ON=C(c4cccnc4)C3C2)nn1C(C)(C)C. The highest BCUT2D eigenvalue weighted by Gasteiger charge is 2.44. The third-order valence-corrected chi connectivity index (χ3v) is 4.89. The van der Waals surface area contributed by atoms with Crippen LogP contribution in [0.15, 0.2) is 35.7 Å². The summed E-state index contributed by atoms with van der Waals surface area (Å²) in [7, 11) is 0. The van der Waals surface area contributed by atoms with Crippen LogP contribution in [0.2, 0.25) is 0 Å². The summed E-state index contributed by atoms with van der Waals surface area (Å²) >= 11 is 0. The van der Waals surface area contributed by atoms with E-state index >= 15 is 0 Å². The second kappa shape index (κ2) is 5.93. The van der Waals surface area contributed by atoms with Crippen LogP contribution >= 0.6 is 0 Å². The molecule has 2 aliphatic rings. The molecule has 2 aromatic rings. The number of aryl methyl sites for hydroxylation is 1. The summed E-state index contributed by atoms with van der Waals surface area (Å²) in [6.07, 6.45) is 3.42. The number of carbonyl (C=O) groups excluding carboxylic acids is 1. The minimum absolute atomic E-state index is 0.0559. The predicted molar refractivity (Wildman–Crippen MR) is 97.0 cm³/mol. The molecule has 0 aromatic carbocycles. The van der Waals surface area contributed by atoms with Gasteiger partial charge in [-0.3, -0.25) is 14.5 Å². The third kappa shape index (κ3) is 2.77. The van der Waals surface area contributed by atoms with E-state index in [-0.39, 0.29) is 23.5 Å². The van der Waals surface area contributed by atoms with Crippen LogP contribution in [0.4, 0.5) is 0 Å². The van der Waals surface area contributed by atoms with Gasteiger partial charge in [0.1, 0.15) is 0 Å². The monoisotopic (exact) mass is 353 g/mol. The molecule has 0 spiro atoms. The van der Waals surface area contributed by atoms with Gasteiger partial charge in [-0.1, -0.05) is 5.16 Å². The Balaban J connectivity index is 1.53. The number of carbonyl (C=O) groups is 1. The number of nitrogens with zero attached hydrogens (tertiary/aromatic N) is 5. The number of oxime groups is 1. The molecule has 0 bridgehead atoms. The first-order chi connectivity index (χ1) is 12.3. The lowest BCUT2D eigenvalue weighted by Crippen LogP contribution is -2.31. The van der Waals surface area contributed by atoms with Crippen LogP contribution in [0.5, 0.6) is 0 Å².